The first-order valence-electron chi connectivity index (χ1n) is 7.01. The van der Waals surface area contributed by atoms with E-state index < -0.39 is 0 Å². The van der Waals surface area contributed by atoms with Gasteiger partial charge < -0.3 is 0 Å². The Morgan fingerprint density at radius 3 is 2.48 bits per heavy atom. The molecule has 1 aliphatic rings. The zero-order valence-electron chi connectivity index (χ0n) is 11.4. The van der Waals surface area contributed by atoms with E-state index in [4.69, 9.17) is 0 Å². The highest BCUT2D eigenvalue weighted by Gasteiger charge is 2.47. The number of H-pyrrole nitrogens is 1. The zero-order valence-corrected chi connectivity index (χ0v) is 11.4. The van der Waals surface area contributed by atoms with E-state index >= 15 is 0 Å². The van der Waals surface area contributed by atoms with E-state index in [1.807, 2.05) is 30.3 Å². The van der Waals surface area contributed by atoms with Crippen molar-refractivity contribution in [3.63, 3.8) is 0 Å². The number of hydrogen-bond donors (Lipinski definition) is 1. The summed E-state index contributed by atoms with van der Waals surface area (Å²) in [5, 5.41) is 7.51. The van der Waals surface area contributed by atoms with Crippen molar-refractivity contribution in [1.82, 2.24) is 15.2 Å². The molecule has 0 spiro atoms. The minimum atomic E-state index is -0.201. The van der Waals surface area contributed by atoms with Crippen LogP contribution in [-0.4, -0.2) is 15.2 Å². The maximum Gasteiger partial charge on any atom is 0.123 e. The zero-order chi connectivity index (χ0) is 14.3. The molecule has 1 N–H and O–H groups in total. The molecule has 104 valence electrons. The number of halogens is 1. The molecule has 0 unspecified atom stereocenters. The molecule has 1 fully saturated rings. The van der Waals surface area contributed by atoms with E-state index in [1.165, 1.54) is 12.1 Å². The molecule has 0 bridgehead atoms. The summed E-state index contributed by atoms with van der Waals surface area (Å²) in [4.78, 5) is 4.32. The number of nitrogens with zero attached hydrogens (tertiary/aromatic N) is 2. The van der Waals surface area contributed by atoms with Crippen LogP contribution >= 0.6 is 0 Å². The van der Waals surface area contributed by atoms with Crippen molar-refractivity contribution in [3.05, 3.63) is 71.8 Å². The quantitative estimate of drug-likeness (QED) is 0.794. The smallest absolute Gasteiger partial charge is 0.123 e. The molecule has 0 atom stereocenters. The van der Waals surface area contributed by atoms with E-state index in [0.29, 0.717) is 0 Å². The SMILES string of the molecule is Fc1ccc(C2(c3cc(-c4ccccn4)n[nH]3)CC2)cc1. The third kappa shape index (κ3) is 2.03. The summed E-state index contributed by atoms with van der Waals surface area (Å²) in [7, 11) is 0. The monoisotopic (exact) mass is 279 g/mol. The second-order valence-electron chi connectivity index (χ2n) is 5.47. The Morgan fingerprint density at radius 1 is 1.00 bits per heavy atom. The van der Waals surface area contributed by atoms with Crippen LogP contribution in [-0.2, 0) is 5.41 Å². The predicted molar refractivity (Wildman–Crippen MR) is 78.2 cm³/mol. The summed E-state index contributed by atoms with van der Waals surface area (Å²) in [5.74, 6) is -0.201. The summed E-state index contributed by atoms with van der Waals surface area (Å²) in [5.41, 5.74) is 3.89. The van der Waals surface area contributed by atoms with E-state index in [2.05, 4.69) is 21.2 Å². The first-order valence-corrected chi connectivity index (χ1v) is 7.01. The van der Waals surface area contributed by atoms with Crippen molar-refractivity contribution in [2.24, 2.45) is 0 Å². The molecular weight excluding hydrogens is 265 g/mol. The highest BCUT2D eigenvalue weighted by atomic mass is 19.1. The summed E-state index contributed by atoms with van der Waals surface area (Å²) in [6.07, 6.45) is 3.88. The Kier molecular flexibility index (Phi) is 2.64. The fraction of sp³-hybridized carbons (Fsp3) is 0.176. The standard InChI is InChI=1S/C17H14FN3/c18-13-6-4-12(5-7-13)17(8-9-17)16-11-15(20-21-16)14-3-1-2-10-19-14/h1-7,10-11H,8-9H2,(H,20,21). The van der Waals surface area contributed by atoms with Crippen molar-refractivity contribution in [2.75, 3.05) is 0 Å². The number of aromatic amines is 1. The molecule has 0 saturated heterocycles. The third-order valence-electron chi connectivity index (χ3n) is 4.17. The topological polar surface area (TPSA) is 41.6 Å². The number of nitrogens with one attached hydrogen (secondary N) is 1. The number of aromatic nitrogens is 3. The largest absolute Gasteiger partial charge is 0.281 e. The van der Waals surface area contributed by atoms with Crippen LogP contribution < -0.4 is 0 Å². The van der Waals surface area contributed by atoms with Gasteiger partial charge in [-0.2, -0.15) is 5.10 Å². The van der Waals surface area contributed by atoms with Gasteiger partial charge in [-0.3, -0.25) is 10.1 Å². The fourth-order valence-corrected chi connectivity index (χ4v) is 2.82. The van der Waals surface area contributed by atoms with Gasteiger partial charge >= 0.3 is 0 Å². The maximum absolute atomic E-state index is 13.1. The Balaban J connectivity index is 1.71. The molecule has 4 rings (SSSR count). The summed E-state index contributed by atoms with van der Waals surface area (Å²) in [6, 6.07) is 14.6. The highest BCUT2D eigenvalue weighted by molar-refractivity contribution is 5.56. The molecular formula is C17H14FN3. The second-order valence-corrected chi connectivity index (χ2v) is 5.47. The Bertz CT molecular complexity index is 758. The van der Waals surface area contributed by atoms with Crippen molar-refractivity contribution in [2.45, 2.75) is 18.3 Å². The molecule has 0 radical (unpaired) electrons. The molecule has 3 aromatic rings. The summed E-state index contributed by atoms with van der Waals surface area (Å²) in [6.45, 7) is 0. The van der Waals surface area contributed by atoms with Gasteiger partial charge in [0.05, 0.1) is 5.69 Å². The van der Waals surface area contributed by atoms with E-state index in [-0.39, 0.29) is 11.2 Å². The minimum Gasteiger partial charge on any atom is -0.281 e. The maximum atomic E-state index is 13.1. The van der Waals surface area contributed by atoms with Crippen molar-refractivity contribution in [3.8, 4) is 11.4 Å². The van der Waals surface area contributed by atoms with Crippen LogP contribution in [0.4, 0.5) is 4.39 Å². The molecule has 3 nitrogen and oxygen atoms in total. The lowest BCUT2D eigenvalue weighted by atomic mass is 9.92. The van der Waals surface area contributed by atoms with Crippen LogP contribution in [0, 0.1) is 5.82 Å². The molecule has 0 amide bonds. The van der Waals surface area contributed by atoms with Crippen molar-refractivity contribution < 1.29 is 4.39 Å². The average molecular weight is 279 g/mol. The first-order chi connectivity index (χ1) is 10.3. The van der Waals surface area contributed by atoms with Crippen LogP contribution in [0.5, 0.6) is 0 Å². The second kappa shape index (κ2) is 4.52. The molecule has 1 aromatic carbocycles. The molecule has 21 heavy (non-hydrogen) atoms. The number of rotatable bonds is 3. The van der Waals surface area contributed by atoms with Crippen LogP contribution in [0.25, 0.3) is 11.4 Å². The lowest BCUT2D eigenvalue weighted by Crippen LogP contribution is -2.09. The molecule has 0 aliphatic heterocycles. The lowest BCUT2D eigenvalue weighted by molar-refractivity contribution is 0.625. The van der Waals surface area contributed by atoms with E-state index in [9.17, 15) is 4.39 Å². The number of hydrogen-bond acceptors (Lipinski definition) is 2. The van der Waals surface area contributed by atoms with Gasteiger partial charge in [0.1, 0.15) is 11.5 Å². The third-order valence-corrected chi connectivity index (χ3v) is 4.17. The van der Waals surface area contributed by atoms with E-state index in [0.717, 1.165) is 35.5 Å². The van der Waals surface area contributed by atoms with Crippen LogP contribution in [0.2, 0.25) is 0 Å². The fourth-order valence-electron chi connectivity index (χ4n) is 2.82. The number of pyridine rings is 1. The van der Waals surface area contributed by atoms with Crippen LogP contribution in [0.15, 0.2) is 54.7 Å². The minimum absolute atomic E-state index is 0.0340. The van der Waals surface area contributed by atoms with Gasteiger partial charge in [0.15, 0.2) is 0 Å². The van der Waals surface area contributed by atoms with Gasteiger partial charge in [0, 0.05) is 17.3 Å². The van der Waals surface area contributed by atoms with Gasteiger partial charge in [-0.1, -0.05) is 18.2 Å². The molecule has 1 aliphatic carbocycles. The predicted octanol–water partition coefficient (Wildman–Crippen LogP) is 3.69. The highest BCUT2D eigenvalue weighted by Crippen LogP contribution is 2.53. The average Bonchev–Trinajstić information content (AvgIpc) is 3.19. The van der Waals surface area contributed by atoms with Crippen molar-refractivity contribution >= 4 is 0 Å². The Hall–Kier alpha value is -2.49. The van der Waals surface area contributed by atoms with Gasteiger partial charge in [0.2, 0.25) is 0 Å². The Labute approximate surface area is 121 Å². The van der Waals surface area contributed by atoms with E-state index in [1.54, 1.807) is 6.20 Å². The summed E-state index contributed by atoms with van der Waals surface area (Å²) >= 11 is 0. The van der Waals surface area contributed by atoms with Gasteiger partial charge in [-0.15, -0.1) is 0 Å². The number of benzene rings is 1. The first kappa shape index (κ1) is 12.3. The van der Waals surface area contributed by atoms with Crippen LogP contribution in [0.1, 0.15) is 24.1 Å². The van der Waals surface area contributed by atoms with Crippen molar-refractivity contribution in [1.29, 1.82) is 0 Å². The van der Waals surface area contributed by atoms with Gasteiger partial charge in [0.25, 0.3) is 0 Å². The molecule has 1 saturated carbocycles. The van der Waals surface area contributed by atoms with Gasteiger partial charge in [-0.05, 0) is 48.7 Å². The summed E-state index contributed by atoms with van der Waals surface area (Å²) < 4.78 is 13.1. The molecule has 2 heterocycles. The van der Waals surface area contributed by atoms with Crippen LogP contribution in [0.3, 0.4) is 0 Å². The lowest BCUT2D eigenvalue weighted by Gasteiger charge is -2.13. The van der Waals surface area contributed by atoms with Gasteiger partial charge in [-0.25, -0.2) is 4.39 Å². The normalized spacial score (nSPS) is 15.9. The molecule has 2 aromatic heterocycles. The molecule has 4 heteroatoms. The Morgan fingerprint density at radius 2 is 1.81 bits per heavy atom.